The Morgan fingerprint density at radius 3 is 2.48 bits per heavy atom. The van der Waals surface area contributed by atoms with E-state index in [9.17, 15) is 9.50 Å². The van der Waals surface area contributed by atoms with Gasteiger partial charge in [0, 0.05) is 23.7 Å². The summed E-state index contributed by atoms with van der Waals surface area (Å²) in [4.78, 5) is 4.45. The van der Waals surface area contributed by atoms with Gasteiger partial charge >= 0.3 is 0 Å². The molecule has 2 rings (SSSR count). The summed E-state index contributed by atoms with van der Waals surface area (Å²) in [5, 5.41) is 16.9. The number of aliphatic hydroxyl groups is 1. The monoisotopic (exact) mass is 477 g/mol. The molecule has 2 aromatic rings. The normalized spacial score (nSPS) is 12.2. The standard InChI is InChI=1S/C18H21ClFN3O.HI/c1-2-21-18(22-11-13-7-9-14(19)10-8-13)23-12-17(24)15-5-3-4-6-16(15)20;/h3-10,17,24H,2,11-12H2,1H3,(H2,21,22,23);1H. The van der Waals surface area contributed by atoms with E-state index in [0.29, 0.717) is 24.1 Å². The van der Waals surface area contributed by atoms with Gasteiger partial charge in [0.1, 0.15) is 5.82 Å². The fourth-order valence-corrected chi connectivity index (χ4v) is 2.28. The van der Waals surface area contributed by atoms with Crippen molar-refractivity contribution in [2.75, 3.05) is 13.1 Å². The maximum atomic E-state index is 13.7. The summed E-state index contributed by atoms with van der Waals surface area (Å²) in [5.41, 5.74) is 1.28. The van der Waals surface area contributed by atoms with Gasteiger partial charge in [-0.1, -0.05) is 41.9 Å². The molecule has 0 amide bonds. The van der Waals surface area contributed by atoms with E-state index in [-0.39, 0.29) is 36.1 Å². The van der Waals surface area contributed by atoms with Gasteiger partial charge in [0.25, 0.3) is 0 Å². The van der Waals surface area contributed by atoms with E-state index in [1.165, 1.54) is 6.07 Å². The Labute approximate surface area is 169 Å². The van der Waals surface area contributed by atoms with Crippen molar-refractivity contribution in [1.82, 2.24) is 10.6 Å². The largest absolute Gasteiger partial charge is 0.386 e. The van der Waals surface area contributed by atoms with E-state index < -0.39 is 11.9 Å². The maximum absolute atomic E-state index is 13.7. The van der Waals surface area contributed by atoms with Crippen LogP contribution in [-0.4, -0.2) is 24.2 Å². The lowest BCUT2D eigenvalue weighted by atomic mass is 10.1. The zero-order valence-corrected chi connectivity index (χ0v) is 17.0. The molecule has 4 nitrogen and oxygen atoms in total. The lowest BCUT2D eigenvalue weighted by molar-refractivity contribution is 0.176. The second kappa shape index (κ2) is 11.3. The van der Waals surface area contributed by atoms with Gasteiger partial charge < -0.3 is 15.7 Å². The highest BCUT2D eigenvalue weighted by Gasteiger charge is 2.12. The first kappa shape index (κ1) is 21.7. The third-order valence-electron chi connectivity index (χ3n) is 3.40. The minimum absolute atomic E-state index is 0. The molecule has 1 unspecified atom stereocenters. The van der Waals surface area contributed by atoms with Gasteiger partial charge in [0.2, 0.25) is 0 Å². The number of nitrogens with one attached hydrogen (secondary N) is 2. The molecule has 0 heterocycles. The summed E-state index contributed by atoms with van der Waals surface area (Å²) in [6, 6.07) is 13.6. The van der Waals surface area contributed by atoms with Crippen molar-refractivity contribution < 1.29 is 9.50 Å². The number of aliphatic imine (C=N–C) groups is 1. The molecule has 0 spiro atoms. The third-order valence-corrected chi connectivity index (χ3v) is 3.66. The smallest absolute Gasteiger partial charge is 0.191 e. The second-order valence-corrected chi connectivity index (χ2v) is 5.68. The van der Waals surface area contributed by atoms with Crippen molar-refractivity contribution >= 4 is 41.5 Å². The molecular weight excluding hydrogens is 456 g/mol. The van der Waals surface area contributed by atoms with Gasteiger partial charge in [-0.3, -0.25) is 0 Å². The molecule has 0 aliphatic heterocycles. The molecule has 0 aliphatic rings. The lowest BCUT2D eigenvalue weighted by Crippen LogP contribution is -2.39. The number of guanidine groups is 1. The van der Waals surface area contributed by atoms with E-state index >= 15 is 0 Å². The minimum Gasteiger partial charge on any atom is -0.386 e. The Morgan fingerprint density at radius 2 is 1.84 bits per heavy atom. The van der Waals surface area contributed by atoms with Crippen LogP contribution in [0.2, 0.25) is 5.02 Å². The average Bonchev–Trinajstić information content (AvgIpc) is 2.59. The topological polar surface area (TPSA) is 56.7 Å². The van der Waals surface area contributed by atoms with Crippen molar-refractivity contribution in [3.05, 3.63) is 70.5 Å². The van der Waals surface area contributed by atoms with Gasteiger partial charge in [-0.05, 0) is 30.7 Å². The van der Waals surface area contributed by atoms with Gasteiger partial charge in [-0.2, -0.15) is 0 Å². The lowest BCUT2D eigenvalue weighted by Gasteiger charge is -2.16. The molecule has 7 heteroatoms. The summed E-state index contributed by atoms with van der Waals surface area (Å²) in [5.74, 6) is 0.137. The van der Waals surface area contributed by atoms with E-state index in [1.807, 2.05) is 31.2 Å². The molecule has 1 atom stereocenters. The predicted octanol–water partition coefficient (Wildman–Crippen LogP) is 3.89. The Balaban J connectivity index is 0.00000312. The first-order chi connectivity index (χ1) is 11.6. The number of hydrogen-bond acceptors (Lipinski definition) is 2. The third kappa shape index (κ3) is 7.17. The fourth-order valence-electron chi connectivity index (χ4n) is 2.15. The zero-order chi connectivity index (χ0) is 17.4. The van der Waals surface area contributed by atoms with Crippen LogP contribution in [0.5, 0.6) is 0 Å². The fraction of sp³-hybridized carbons (Fsp3) is 0.278. The van der Waals surface area contributed by atoms with Crippen molar-refractivity contribution in [3.8, 4) is 0 Å². The van der Waals surface area contributed by atoms with Gasteiger partial charge in [0.15, 0.2) is 5.96 Å². The Kier molecular flexibility index (Phi) is 9.77. The molecule has 0 aliphatic carbocycles. The highest BCUT2D eigenvalue weighted by atomic mass is 127. The van der Waals surface area contributed by atoms with E-state index in [1.54, 1.807) is 18.2 Å². The predicted molar refractivity (Wildman–Crippen MR) is 111 cm³/mol. The highest BCUT2D eigenvalue weighted by molar-refractivity contribution is 14.0. The number of rotatable bonds is 6. The first-order valence-corrected chi connectivity index (χ1v) is 8.17. The van der Waals surface area contributed by atoms with Crippen molar-refractivity contribution in [1.29, 1.82) is 0 Å². The van der Waals surface area contributed by atoms with Crippen molar-refractivity contribution in [3.63, 3.8) is 0 Å². The van der Waals surface area contributed by atoms with Gasteiger partial charge in [-0.15, -0.1) is 24.0 Å². The van der Waals surface area contributed by atoms with E-state index in [4.69, 9.17) is 11.6 Å². The molecule has 3 N–H and O–H groups in total. The number of hydrogen-bond donors (Lipinski definition) is 3. The molecule has 0 bridgehead atoms. The maximum Gasteiger partial charge on any atom is 0.191 e. The Bertz CT molecular complexity index is 682. The number of nitrogens with zero attached hydrogens (tertiary/aromatic N) is 1. The van der Waals surface area contributed by atoms with Crippen LogP contribution in [0.1, 0.15) is 24.2 Å². The van der Waals surface area contributed by atoms with Crippen LogP contribution in [0.15, 0.2) is 53.5 Å². The van der Waals surface area contributed by atoms with Crippen LogP contribution < -0.4 is 10.6 Å². The van der Waals surface area contributed by atoms with Crippen molar-refractivity contribution in [2.45, 2.75) is 19.6 Å². The van der Waals surface area contributed by atoms with E-state index in [0.717, 1.165) is 5.56 Å². The number of halogens is 3. The molecule has 0 aromatic heterocycles. The van der Waals surface area contributed by atoms with Crippen LogP contribution in [0.3, 0.4) is 0 Å². The van der Waals surface area contributed by atoms with Crippen LogP contribution in [0.25, 0.3) is 0 Å². The molecule has 0 radical (unpaired) electrons. The van der Waals surface area contributed by atoms with Crippen LogP contribution in [0.4, 0.5) is 4.39 Å². The van der Waals surface area contributed by atoms with Gasteiger partial charge in [0.05, 0.1) is 12.6 Å². The molecule has 0 saturated heterocycles. The van der Waals surface area contributed by atoms with Crippen LogP contribution in [0, 0.1) is 5.82 Å². The average molecular weight is 478 g/mol. The zero-order valence-electron chi connectivity index (χ0n) is 13.9. The second-order valence-electron chi connectivity index (χ2n) is 5.24. The Hall–Kier alpha value is -1.38. The van der Waals surface area contributed by atoms with Crippen LogP contribution in [-0.2, 0) is 6.54 Å². The van der Waals surface area contributed by atoms with Crippen LogP contribution >= 0.6 is 35.6 Å². The summed E-state index contributed by atoms with van der Waals surface area (Å²) in [7, 11) is 0. The molecule has 0 saturated carbocycles. The minimum atomic E-state index is -0.953. The number of benzene rings is 2. The van der Waals surface area contributed by atoms with E-state index in [2.05, 4.69) is 15.6 Å². The quantitative estimate of drug-likeness (QED) is 0.336. The molecular formula is C18H22ClFIN3O. The SMILES string of the molecule is CCNC(=NCc1ccc(Cl)cc1)NCC(O)c1ccccc1F.I. The summed E-state index contributed by atoms with van der Waals surface area (Å²) in [6.45, 7) is 3.27. The summed E-state index contributed by atoms with van der Waals surface area (Å²) in [6.07, 6.45) is -0.953. The summed E-state index contributed by atoms with van der Waals surface area (Å²) < 4.78 is 13.7. The molecule has 2 aromatic carbocycles. The molecule has 0 fully saturated rings. The first-order valence-electron chi connectivity index (χ1n) is 7.79. The Morgan fingerprint density at radius 1 is 1.16 bits per heavy atom. The number of aliphatic hydroxyl groups excluding tert-OH is 1. The molecule has 25 heavy (non-hydrogen) atoms. The summed E-state index contributed by atoms with van der Waals surface area (Å²) >= 11 is 5.86. The molecule has 136 valence electrons. The van der Waals surface area contributed by atoms with Gasteiger partial charge in [-0.25, -0.2) is 9.38 Å². The highest BCUT2D eigenvalue weighted by Crippen LogP contribution is 2.15. The van der Waals surface area contributed by atoms with Crippen molar-refractivity contribution in [2.24, 2.45) is 4.99 Å².